The molecule has 1 aliphatic heterocycles. The minimum Gasteiger partial charge on any atom is -0.370 e. The minimum absolute atomic E-state index is 0. The zero-order chi connectivity index (χ0) is 11.2. The summed E-state index contributed by atoms with van der Waals surface area (Å²) in [5.41, 5.74) is 2.61. The molecule has 3 nitrogen and oxygen atoms in total. The molecule has 0 aliphatic carbocycles. The lowest BCUT2D eigenvalue weighted by molar-refractivity contribution is 0.670. The highest BCUT2D eigenvalue weighted by Gasteiger charge is 2.09. The van der Waals surface area contributed by atoms with Gasteiger partial charge in [-0.15, -0.1) is 0 Å². The molecular weight excluding hydrogens is 198 g/mol. The summed E-state index contributed by atoms with van der Waals surface area (Å²) in [5, 5.41) is 6.55. The summed E-state index contributed by atoms with van der Waals surface area (Å²) in [6, 6.07) is 4.42. The van der Waals surface area contributed by atoms with Gasteiger partial charge in [0.25, 0.3) is 0 Å². The van der Waals surface area contributed by atoms with Gasteiger partial charge < -0.3 is 10.6 Å². The number of aromatic nitrogens is 1. The van der Waals surface area contributed by atoms with Crippen LogP contribution in [0.3, 0.4) is 0 Å². The van der Waals surface area contributed by atoms with Crippen molar-refractivity contribution < 1.29 is 1.43 Å². The number of nitrogens with zero attached hydrogens (tertiary/aromatic N) is 1. The van der Waals surface area contributed by atoms with E-state index in [1.807, 2.05) is 7.05 Å². The molecule has 0 spiro atoms. The van der Waals surface area contributed by atoms with Gasteiger partial charge in [-0.2, -0.15) is 0 Å². The molecule has 2 heterocycles. The third-order valence-corrected chi connectivity index (χ3v) is 3.06. The van der Waals surface area contributed by atoms with Gasteiger partial charge in [0.1, 0.15) is 5.82 Å². The van der Waals surface area contributed by atoms with E-state index in [1.54, 1.807) is 0 Å². The van der Waals surface area contributed by atoms with Crippen LogP contribution < -0.4 is 10.6 Å². The number of fused-ring (bicyclic) bond motifs is 1. The molecule has 0 saturated heterocycles. The highest BCUT2D eigenvalue weighted by atomic mass is 15.0. The highest BCUT2D eigenvalue weighted by Crippen LogP contribution is 2.20. The second-order valence-electron chi connectivity index (χ2n) is 4.40. The second-order valence-corrected chi connectivity index (χ2v) is 4.40. The smallest absolute Gasteiger partial charge is 0.129 e. The van der Waals surface area contributed by atoms with Crippen molar-refractivity contribution in [2.24, 2.45) is 0 Å². The van der Waals surface area contributed by atoms with Gasteiger partial charge in [0.05, 0.1) is 0 Å². The van der Waals surface area contributed by atoms with Crippen LogP contribution in [0.5, 0.6) is 0 Å². The van der Waals surface area contributed by atoms with Crippen LogP contribution in [0.25, 0.3) is 0 Å². The summed E-state index contributed by atoms with van der Waals surface area (Å²) in [6.45, 7) is 2.17. The molecule has 0 saturated carbocycles. The van der Waals surface area contributed by atoms with Crippen molar-refractivity contribution in [3.8, 4) is 0 Å². The molecular formula is C13H23N3. The van der Waals surface area contributed by atoms with Crippen LogP contribution in [-0.4, -0.2) is 25.1 Å². The van der Waals surface area contributed by atoms with E-state index in [4.69, 9.17) is 0 Å². The van der Waals surface area contributed by atoms with Crippen molar-refractivity contribution in [3.63, 3.8) is 0 Å². The molecule has 16 heavy (non-hydrogen) atoms. The maximum atomic E-state index is 4.68. The molecule has 1 aliphatic rings. The number of pyridine rings is 1. The first-order valence-electron chi connectivity index (χ1n) is 6.27. The molecule has 1 aromatic rings. The SMILES string of the molecule is CNCCCCc1ccc2c(n1)NCCC2.[HH]. The third kappa shape index (κ3) is 2.95. The van der Waals surface area contributed by atoms with Crippen molar-refractivity contribution in [2.75, 3.05) is 25.5 Å². The predicted molar refractivity (Wildman–Crippen MR) is 70.0 cm³/mol. The molecule has 0 amide bonds. The van der Waals surface area contributed by atoms with Crippen LogP contribution >= 0.6 is 0 Å². The van der Waals surface area contributed by atoms with Gasteiger partial charge in [0.15, 0.2) is 0 Å². The van der Waals surface area contributed by atoms with Crippen LogP contribution in [0.1, 0.15) is 31.9 Å². The van der Waals surface area contributed by atoms with Gasteiger partial charge in [0, 0.05) is 13.7 Å². The maximum absolute atomic E-state index is 4.68. The average molecular weight is 221 g/mol. The first-order valence-corrected chi connectivity index (χ1v) is 6.27. The van der Waals surface area contributed by atoms with Gasteiger partial charge >= 0.3 is 0 Å². The monoisotopic (exact) mass is 221 g/mol. The molecule has 2 N–H and O–H groups in total. The number of nitrogens with one attached hydrogen (secondary N) is 2. The van der Waals surface area contributed by atoms with E-state index >= 15 is 0 Å². The molecule has 90 valence electrons. The zero-order valence-electron chi connectivity index (χ0n) is 10.1. The topological polar surface area (TPSA) is 37.0 Å². The van der Waals surface area contributed by atoms with Gasteiger partial charge in [-0.1, -0.05) is 6.07 Å². The number of aryl methyl sites for hydroxylation is 2. The van der Waals surface area contributed by atoms with E-state index in [0.29, 0.717) is 0 Å². The van der Waals surface area contributed by atoms with E-state index in [-0.39, 0.29) is 1.43 Å². The standard InChI is InChI=1S/C13H21N3.H2/c1-14-9-3-2-6-12-8-7-11-5-4-10-15-13(11)16-12;/h7-8,14H,2-6,9-10H2,1H3,(H,15,16);1H. The number of rotatable bonds is 5. The number of hydrogen-bond acceptors (Lipinski definition) is 3. The zero-order valence-corrected chi connectivity index (χ0v) is 10.1. The van der Waals surface area contributed by atoms with E-state index in [9.17, 15) is 0 Å². The number of unbranched alkanes of at least 4 members (excludes halogenated alkanes) is 1. The van der Waals surface area contributed by atoms with Gasteiger partial charge in [-0.25, -0.2) is 4.98 Å². The Balaban J connectivity index is 0.00000144. The summed E-state index contributed by atoms with van der Waals surface area (Å²) in [6.07, 6.45) is 5.94. The van der Waals surface area contributed by atoms with Crippen LogP contribution in [-0.2, 0) is 12.8 Å². The Bertz CT molecular complexity index is 341. The third-order valence-electron chi connectivity index (χ3n) is 3.06. The average Bonchev–Trinajstić information content (AvgIpc) is 2.34. The van der Waals surface area contributed by atoms with Crippen LogP contribution in [0.15, 0.2) is 12.1 Å². The second kappa shape index (κ2) is 5.85. The van der Waals surface area contributed by atoms with Crippen molar-refractivity contribution in [3.05, 3.63) is 23.4 Å². The predicted octanol–water partition coefficient (Wildman–Crippen LogP) is 2.23. The Hall–Kier alpha value is -1.09. The Labute approximate surface area is 99.1 Å². The fraction of sp³-hybridized carbons (Fsp3) is 0.615. The molecule has 1 aromatic heterocycles. The van der Waals surface area contributed by atoms with Crippen LogP contribution in [0, 0.1) is 0 Å². The fourth-order valence-electron chi connectivity index (χ4n) is 2.12. The lowest BCUT2D eigenvalue weighted by atomic mass is 10.1. The summed E-state index contributed by atoms with van der Waals surface area (Å²) in [5.74, 6) is 1.12. The fourth-order valence-corrected chi connectivity index (χ4v) is 2.12. The lowest BCUT2D eigenvalue weighted by Gasteiger charge is -2.17. The van der Waals surface area contributed by atoms with Crippen LogP contribution in [0.2, 0.25) is 0 Å². The molecule has 3 heteroatoms. The van der Waals surface area contributed by atoms with Gasteiger partial charge in [-0.05, 0) is 57.3 Å². The molecule has 0 aromatic carbocycles. The quantitative estimate of drug-likeness (QED) is 0.749. The number of hydrogen-bond donors (Lipinski definition) is 2. The van der Waals surface area contributed by atoms with Crippen LogP contribution in [0.4, 0.5) is 5.82 Å². The highest BCUT2D eigenvalue weighted by molar-refractivity contribution is 5.46. The Morgan fingerprint density at radius 3 is 3.25 bits per heavy atom. The Morgan fingerprint density at radius 1 is 1.44 bits per heavy atom. The lowest BCUT2D eigenvalue weighted by Crippen LogP contribution is -2.14. The van der Waals surface area contributed by atoms with E-state index in [1.165, 1.54) is 36.9 Å². The van der Waals surface area contributed by atoms with Crippen molar-refractivity contribution in [2.45, 2.75) is 32.1 Å². The summed E-state index contributed by atoms with van der Waals surface area (Å²) in [4.78, 5) is 4.68. The molecule has 0 atom stereocenters. The van der Waals surface area contributed by atoms with E-state index < -0.39 is 0 Å². The Kier molecular flexibility index (Phi) is 4.17. The summed E-state index contributed by atoms with van der Waals surface area (Å²) >= 11 is 0. The maximum Gasteiger partial charge on any atom is 0.129 e. The van der Waals surface area contributed by atoms with E-state index in [2.05, 4.69) is 27.8 Å². The van der Waals surface area contributed by atoms with Crippen molar-refractivity contribution in [1.29, 1.82) is 0 Å². The van der Waals surface area contributed by atoms with E-state index in [0.717, 1.165) is 25.3 Å². The van der Waals surface area contributed by atoms with Gasteiger partial charge in [0.2, 0.25) is 0 Å². The Morgan fingerprint density at radius 2 is 2.38 bits per heavy atom. The summed E-state index contributed by atoms with van der Waals surface area (Å²) < 4.78 is 0. The molecule has 0 fully saturated rings. The number of anilines is 1. The molecule has 0 unspecified atom stereocenters. The summed E-state index contributed by atoms with van der Waals surface area (Å²) in [7, 11) is 2.00. The minimum atomic E-state index is 0. The largest absolute Gasteiger partial charge is 0.370 e. The molecule has 2 rings (SSSR count). The normalized spacial score (nSPS) is 14.3. The van der Waals surface area contributed by atoms with Crippen molar-refractivity contribution >= 4 is 5.82 Å². The van der Waals surface area contributed by atoms with Crippen molar-refractivity contribution in [1.82, 2.24) is 10.3 Å². The molecule has 0 bridgehead atoms. The first kappa shape index (κ1) is 11.4. The molecule has 0 radical (unpaired) electrons. The first-order chi connectivity index (χ1) is 7.90. The van der Waals surface area contributed by atoms with Gasteiger partial charge in [-0.3, -0.25) is 0 Å².